The SMILES string of the molecule is CC(=O)Nc1ccc(CN2CCC(c3cccc(Cc4ccccc4F)n3)CC2)cc1. The third-order valence-electron chi connectivity index (χ3n) is 5.84. The molecule has 1 saturated heterocycles. The number of hydrogen-bond acceptors (Lipinski definition) is 3. The molecular weight excluding hydrogens is 389 g/mol. The fourth-order valence-corrected chi connectivity index (χ4v) is 4.20. The molecule has 1 aromatic heterocycles. The number of halogens is 1. The molecule has 1 aliphatic heterocycles. The summed E-state index contributed by atoms with van der Waals surface area (Å²) in [7, 11) is 0. The number of nitrogens with one attached hydrogen (secondary N) is 1. The van der Waals surface area contributed by atoms with Crippen molar-refractivity contribution in [3.63, 3.8) is 0 Å². The lowest BCUT2D eigenvalue weighted by atomic mass is 9.92. The number of amides is 1. The average molecular weight is 418 g/mol. The Labute approximate surface area is 183 Å². The second kappa shape index (κ2) is 9.84. The highest BCUT2D eigenvalue weighted by atomic mass is 19.1. The van der Waals surface area contributed by atoms with E-state index in [9.17, 15) is 9.18 Å². The molecule has 1 aliphatic rings. The zero-order valence-electron chi connectivity index (χ0n) is 17.9. The van der Waals surface area contributed by atoms with Gasteiger partial charge in [-0.15, -0.1) is 0 Å². The minimum absolute atomic E-state index is 0.0543. The number of piperidine rings is 1. The number of carbonyl (C=O) groups is 1. The number of anilines is 1. The lowest BCUT2D eigenvalue weighted by Gasteiger charge is -2.32. The Hall–Kier alpha value is -3.05. The first-order valence-electron chi connectivity index (χ1n) is 10.8. The summed E-state index contributed by atoms with van der Waals surface area (Å²) >= 11 is 0. The highest BCUT2D eigenvalue weighted by Gasteiger charge is 2.22. The van der Waals surface area contributed by atoms with E-state index in [2.05, 4.69) is 28.4 Å². The van der Waals surface area contributed by atoms with Crippen LogP contribution >= 0.6 is 0 Å². The molecule has 31 heavy (non-hydrogen) atoms. The number of benzene rings is 2. The zero-order chi connectivity index (χ0) is 21.6. The lowest BCUT2D eigenvalue weighted by Crippen LogP contribution is -2.32. The summed E-state index contributed by atoms with van der Waals surface area (Å²) in [6.07, 6.45) is 2.66. The predicted molar refractivity (Wildman–Crippen MR) is 121 cm³/mol. The second-order valence-electron chi connectivity index (χ2n) is 8.25. The highest BCUT2D eigenvalue weighted by molar-refractivity contribution is 5.88. The van der Waals surface area contributed by atoms with Crippen molar-refractivity contribution in [3.05, 3.63) is 95.1 Å². The van der Waals surface area contributed by atoms with Gasteiger partial charge < -0.3 is 5.32 Å². The Balaban J connectivity index is 1.32. The van der Waals surface area contributed by atoms with Crippen molar-refractivity contribution in [1.82, 2.24) is 9.88 Å². The van der Waals surface area contributed by atoms with E-state index in [1.54, 1.807) is 6.07 Å². The van der Waals surface area contributed by atoms with Gasteiger partial charge >= 0.3 is 0 Å². The first-order chi connectivity index (χ1) is 15.1. The normalized spacial score (nSPS) is 15.0. The van der Waals surface area contributed by atoms with Crippen LogP contribution in [0.5, 0.6) is 0 Å². The summed E-state index contributed by atoms with van der Waals surface area (Å²) in [6.45, 7) is 4.48. The van der Waals surface area contributed by atoms with Crippen LogP contribution in [-0.2, 0) is 17.8 Å². The number of carbonyl (C=O) groups excluding carboxylic acids is 1. The summed E-state index contributed by atoms with van der Waals surface area (Å²) in [5.41, 5.74) is 4.80. The smallest absolute Gasteiger partial charge is 0.221 e. The Morgan fingerprint density at radius 3 is 2.48 bits per heavy atom. The van der Waals surface area contributed by atoms with Gasteiger partial charge in [0.25, 0.3) is 0 Å². The van der Waals surface area contributed by atoms with Crippen LogP contribution in [0.3, 0.4) is 0 Å². The van der Waals surface area contributed by atoms with Crippen molar-refractivity contribution in [2.45, 2.75) is 38.6 Å². The van der Waals surface area contributed by atoms with Gasteiger partial charge in [-0.2, -0.15) is 0 Å². The second-order valence-corrected chi connectivity index (χ2v) is 8.25. The fraction of sp³-hybridized carbons (Fsp3) is 0.308. The molecule has 160 valence electrons. The van der Waals surface area contributed by atoms with Crippen molar-refractivity contribution in [2.24, 2.45) is 0 Å². The van der Waals surface area contributed by atoms with Crippen LogP contribution in [0.25, 0.3) is 0 Å². The van der Waals surface area contributed by atoms with E-state index in [-0.39, 0.29) is 11.7 Å². The summed E-state index contributed by atoms with van der Waals surface area (Å²) in [5.74, 6) is 0.216. The minimum atomic E-state index is -0.173. The molecular formula is C26H28FN3O. The number of hydrogen-bond donors (Lipinski definition) is 1. The first-order valence-corrected chi connectivity index (χ1v) is 10.8. The molecule has 0 saturated carbocycles. The third-order valence-corrected chi connectivity index (χ3v) is 5.84. The summed E-state index contributed by atoms with van der Waals surface area (Å²) in [6, 6.07) is 21.1. The Morgan fingerprint density at radius 2 is 1.77 bits per heavy atom. The average Bonchev–Trinajstić information content (AvgIpc) is 2.77. The van der Waals surface area contributed by atoms with Gasteiger partial charge in [-0.25, -0.2) is 4.39 Å². The number of nitrogens with zero attached hydrogens (tertiary/aromatic N) is 2. The summed E-state index contributed by atoms with van der Waals surface area (Å²) < 4.78 is 14.0. The molecule has 0 aliphatic carbocycles. The molecule has 5 heteroatoms. The van der Waals surface area contributed by atoms with E-state index in [1.165, 1.54) is 18.6 Å². The number of likely N-dealkylation sites (tertiary alicyclic amines) is 1. The minimum Gasteiger partial charge on any atom is -0.326 e. The topological polar surface area (TPSA) is 45.2 Å². The van der Waals surface area contributed by atoms with E-state index in [0.29, 0.717) is 17.9 Å². The van der Waals surface area contributed by atoms with Crippen molar-refractivity contribution in [1.29, 1.82) is 0 Å². The van der Waals surface area contributed by atoms with Crippen LogP contribution in [-0.4, -0.2) is 28.9 Å². The van der Waals surface area contributed by atoms with E-state index in [1.807, 2.05) is 36.4 Å². The molecule has 2 heterocycles. The molecule has 1 N–H and O–H groups in total. The highest BCUT2D eigenvalue weighted by Crippen LogP contribution is 2.28. The molecule has 2 aromatic carbocycles. The molecule has 0 spiro atoms. The predicted octanol–water partition coefficient (Wildman–Crippen LogP) is 5.15. The van der Waals surface area contributed by atoms with Crippen LogP contribution in [0.1, 0.15) is 48.2 Å². The molecule has 4 rings (SSSR count). The van der Waals surface area contributed by atoms with E-state index < -0.39 is 0 Å². The number of aromatic nitrogens is 1. The number of pyridine rings is 1. The first kappa shape index (κ1) is 21.2. The van der Waals surface area contributed by atoms with Crippen LogP contribution < -0.4 is 5.32 Å². The number of rotatable bonds is 6. The van der Waals surface area contributed by atoms with Gasteiger partial charge in [-0.1, -0.05) is 36.4 Å². The molecule has 0 atom stereocenters. The third kappa shape index (κ3) is 5.76. The van der Waals surface area contributed by atoms with E-state index in [0.717, 1.165) is 49.6 Å². The lowest BCUT2D eigenvalue weighted by molar-refractivity contribution is -0.114. The molecule has 3 aromatic rings. The monoisotopic (exact) mass is 417 g/mol. The quantitative estimate of drug-likeness (QED) is 0.603. The maximum atomic E-state index is 14.0. The van der Waals surface area contributed by atoms with Crippen LogP contribution in [0.2, 0.25) is 0 Å². The fourth-order valence-electron chi connectivity index (χ4n) is 4.20. The van der Waals surface area contributed by atoms with Gasteiger partial charge in [0, 0.05) is 42.9 Å². The van der Waals surface area contributed by atoms with Crippen LogP contribution in [0.15, 0.2) is 66.7 Å². The van der Waals surface area contributed by atoms with Crippen LogP contribution in [0, 0.1) is 5.82 Å². The van der Waals surface area contributed by atoms with Crippen LogP contribution in [0.4, 0.5) is 10.1 Å². The van der Waals surface area contributed by atoms with Gasteiger partial charge in [0.1, 0.15) is 5.82 Å². The Kier molecular flexibility index (Phi) is 6.73. The van der Waals surface area contributed by atoms with Crippen molar-refractivity contribution >= 4 is 11.6 Å². The largest absolute Gasteiger partial charge is 0.326 e. The van der Waals surface area contributed by atoms with Gasteiger partial charge in [0.2, 0.25) is 5.91 Å². The molecule has 1 fully saturated rings. The van der Waals surface area contributed by atoms with Gasteiger partial charge in [-0.05, 0) is 67.4 Å². The van der Waals surface area contributed by atoms with Gasteiger partial charge in [-0.3, -0.25) is 14.7 Å². The molecule has 0 radical (unpaired) electrons. The standard InChI is InChI=1S/C26H28FN3O/c1-19(31)28-23-11-9-20(10-12-23)18-30-15-13-21(14-16-30)26-8-4-6-24(29-26)17-22-5-2-3-7-25(22)27/h2-12,21H,13-18H2,1H3,(H,28,31). The summed E-state index contributed by atoms with van der Waals surface area (Å²) in [4.78, 5) is 18.5. The Morgan fingerprint density at radius 1 is 1.03 bits per heavy atom. The zero-order valence-corrected chi connectivity index (χ0v) is 17.9. The van der Waals surface area contributed by atoms with Gasteiger partial charge in [0.05, 0.1) is 0 Å². The maximum Gasteiger partial charge on any atom is 0.221 e. The molecule has 0 bridgehead atoms. The summed E-state index contributed by atoms with van der Waals surface area (Å²) in [5, 5.41) is 2.80. The van der Waals surface area contributed by atoms with E-state index >= 15 is 0 Å². The molecule has 0 unspecified atom stereocenters. The Bertz CT molecular complexity index is 1030. The molecule has 4 nitrogen and oxygen atoms in total. The maximum absolute atomic E-state index is 14.0. The van der Waals surface area contributed by atoms with Gasteiger partial charge in [0.15, 0.2) is 0 Å². The van der Waals surface area contributed by atoms with Crippen molar-refractivity contribution in [3.8, 4) is 0 Å². The van der Waals surface area contributed by atoms with E-state index in [4.69, 9.17) is 4.98 Å². The van der Waals surface area contributed by atoms with Crippen molar-refractivity contribution in [2.75, 3.05) is 18.4 Å². The molecule has 1 amide bonds. The van der Waals surface area contributed by atoms with Crippen molar-refractivity contribution < 1.29 is 9.18 Å².